The van der Waals surface area contributed by atoms with Crippen LogP contribution in [0.2, 0.25) is 0 Å². The van der Waals surface area contributed by atoms with Gasteiger partial charge in [-0.15, -0.1) is 10.2 Å². The lowest BCUT2D eigenvalue weighted by Gasteiger charge is -1.98. The second kappa shape index (κ2) is 5.06. The quantitative estimate of drug-likeness (QED) is 0.466. The Labute approximate surface area is 92.8 Å². The van der Waals surface area contributed by atoms with Crippen LogP contribution in [0.5, 0.6) is 5.75 Å². The van der Waals surface area contributed by atoms with E-state index in [1.165, 1.54) is 19.9 Å². The molecule has 5 nitrogen and oxygen atoms in total. The van der Waals surface area contributed by atoms with E-state index in [0.29, 0.717) is 0 Å². The van der Waals surface area contributed by atoms with Gasteiger partial charge in [-0.1, -0.05) is 12.1 Å². The van der Waals surface area contributed by atoms with Crippen molar-refractivity contribution in [3.05, 3.63) is 35.7 Å². The molecule has 1 aromatic carbocycles. The summed E-state index contributed by atoms with van der Waals surface area (Å²) in [6, 6.07) is 6.32. The third kappa shape index (κ3) is 2.91. The van der Waals surface area contributed by atoms with Crippen LogP contribution >= 0.6 is 0 Å². The van der Waals surface area contributed by atoms with E-state index in [4.69, 9.17) is 0 Å². The molecule has 0 aromatic heterocycles. The summed E-state index contributed by atoms with van der Waals surface area (Å²) in [6.07, 6.45) is 0. The maximum atomic E-state index is 11.1. The summed E-state index contributed by atoms with van der Waals surface area (Å²) in [5.74, 6) is -0.629. The second-order valence-electron chi connectivity index (χ2n) is 3.18. The van der Waals surface area contributed by atoms with Crippen molar-refractivity contribution in [2.75, 3.05) is 0 Å². The van der Waals surface area contributed by atoms with E-state index in [9.17, 15) is 15.0 Å². The zero-order valence-electron chi connectivity index (χ0n) is 9.01. The lowest BCUT2D eigenvalue weighted by atomic mass is 10.3. The van der Waals surface area contributed by atoms with E-state index in [2.05, 4.69) is 10.2 Å². The standard InChI is InChI=1S/C11H12N2O3/c1-7(14)11(8(2)15)13-12-9-5-3-4-6-10(9)16/h3-6,14,16H,1-2H3. The van der Waals surface area contributed by atoms with Crippen molar-refractivity contribution in [3.8, 4) is 5.75 Å². The van der Waals surface area contributed by atoms with Crippen molar-refractivity contribution < 1.29 is 15.0 Å². The van der Waals surface area contributed by atoms with Gasteiger partial charge in [0.2, 0.25) is 0 Å². The number of hydrogen-bond donors (Lipinski definition) is 2. The predicted octanol–water partition coefficient (Wildman–Crippen LogP) is 2.85. The van der Waals surface area contributed by atoms with E-state index in [-0.39, 0.29) is 28.7 Å². The Morgan fingerprint density at radius 2 is 1.88 bits per heavy atom. The third-order valence-corrected chi connectivity index (χ3v) is 1.82. The number of phenolic OH excluding ortho intramolecular Hbond substituents is 1. The topological polar surface area (TPSA) is 82.2 Å². The fraction of sp³-hybridized carbons (Fsp3) is 0.182. The number of carbonyl (C=O) groups excluding carboxylic acids is 1. The van der Waals surface area contributed by atoms with Crippen molar-refractivity contribution in [3.63, 3.8) is 0 Å². The Morgan fingerprint density at radius 3 is 2.38 bits per heavy atom. The average molecular weight is 220 g/mol. The monoisotopic (exact) mass is 220 g/mol. The molecule has 0 unspecified atom stereocenters. The van der Waals surface area contributed by atoms with E-state index < -0.39 is 0 Å². The van der Waals surface area contributed by atoms with Crippen molar-refractivity contribution in [2.24, 2.45) is 10.2 Å². The normalized spacial score (nSPS) is 12.6. The first-order chi connectivity index (χ1) is 7.52. The smallest absolute Gasteiger partial charge is 0.183 e. The minimum absolute atomic E-state index is 0.0373. The Morgan fingerprint density at radius 1 is 1.25 bits per heavy atom. The van der Waals surface area contributed by atoms with Crippen LogP contribution in [-0.2, 0) is 4.79 Å². The molecule has 0 fully saturated rings. The number of allylic oxidation sites excluding steroid dienone is 2. The molecule has 0 atom stereocenters. The minimum atomic E-state index is -0.390. The van der Waals surface area contributed by atoms with Gasteiger partial charge in [0, 0.05) is 6.92 Å². The average Bonchev–Trinajstić information content (AvgIpc) is 2.20. The highest BCUT2D eigenvalue weighted by atomic mass is 16.3. The summed E-state index contributed by atoms with van der Waals surface area (Å²) in [5.41, 5.74) is 0.116. The molecule has 16 heavy (non-hydrogen) atoms. The Kier molecular flexibility index (Phi) is 3.77. The van der Waals surface area contributed by atoms with Crippen LogP contribution in [0.25, 0.3) is 0 Å². The van der Waals surface area contributed by atoms with Gasteiger partial charge < -0.3 is 10.2 Å². The number of nitrogens with zero attached hydrogens (tertiary/aromatic N) is 2. The molecule has 0 spiro atoms. The Balaban J connectivity index is 3.02. The van der Waals surface area contributed by atoms with Crippen LogP contribution in [-0.4, -0.2) is 16.0 Å². The van der Waals surface area contributed by atoms with Gasteiger partial charge in [-0.2, -0.15) is 0 Å². The van der Waals surface area contributed by atoms with Crippen LogP contribution < -0.4 is 0 Å². The number of aliphatic hydroxyl groups is 1. The summed E-state index contributed by atoms with van der Waals surface area (Å²) in [4.78, 5) is 11.1. The van der Waals surface area contributed by atoms with Gasteiger partial charge in [0.05, 0.1) is 0 Å². The first-order valence-electron chi connectivity index (χ1n) is 4.63. The van der Waals surface area contributed by atoms with Crippen molar-refractivity contribution in [1.82, 2.24) is 0 Å². The lowest BCUT2D eigenvalue weighted by molar-refractivity contribution is -0.113. The van der Waals surface area contributed by atoms with Gasteiger partial charge in [-0.25, -0.2) is 0 Å². The number of hydrogen-bond acceptors (Lipinski definition) is 5. The molecule has 0 aliphatic carbocycles. The SMILES string of the molecule is CC(=O)C(N=Nc1ccccc1O)=C(C)O. The van der Waals surface area contributed by atoms with Gasteiger partial charge >= 0.3 is 0 Å². The highest BCUT2D eigenvalue weighted by Gasteiger charge is 2.07. The number of aliphatic hydroxyl groups excluding tert-OH is 1. The van der Waals surface area contributed by atoms with Gasteiger partial charge in [-0.3, -0.25) is 4.79 Å². The van der Waals surface area contributed by atoms with Crippen molar-refractivity contribution in [2.45, 2.75) is 13.8 Å². The maximum Gasteiger partial charge on any atom is 0.183 e. The molecule has 1 aromatic rings. The maximum absolute atomic E-state index is 11.1. The number of Topliss-reactive ketones (excluding diaryl/α,β-unsaturated/α-hetero) is 1. The fourth-order valence-electron chi connectivity index (χ4n) is 1.05. The largest absolute Gasteiger partial charge is 0.510 e. The molecule has 84 valence electrons. The molecule has 0 amide bonds. The Bertz CT molecular complexity index is 460. The van der Waals surface area contributed by atoms with Crippen LogP contribution in [0.3, 0.4) is 0 Å². The Hall–Kier alpha value is -2.17. The minimum Gasteiger partial charge on any atom is -0.510 e. The molecule has 0 saturated carbocycles. The van der Waals surface area contributed by atoms with Gasteiger partial charge in [-0.05, 0) is 19.1 Å². The van der Waals surface area contributed by atoms with Crippen LogP contribution in [0.1, 0.15) is 13.8 Å². The molecular weight excluding hydrogens is 208 g/mol. The lowest BCUT2D eigenvalue weighted by Crippen LogP contribution is -1.96. The van der Waals surface area contributed by atoms with Gasteiger partial charge in [0.1, 0.15) is 17.2 Å². The number of azo groups is 1. The number of benzene rings is 1. The summed E-state index contributed by atoms with van der Waals surface area (Å²) in [5, 5.41) is 25.8. The third-order valence-electron chi connectivity index (χ3n) is 1.82. The molecule has 1 rings (SSSR count). The van der Waals surface area contributed by atoms with Crippen molar-refractivity contribution >= 4 is 11.5 Å². The zero-order valence-corrected chi connectivity index (χ0v) is 9.01. The molecule has 5 heteroatoms. The van der Waals surface area contributed by atoms with Crippen LogP contribution in [0.4, 0.5) is 5.69 Å². The molecule has 2 N–H and O–H groups in total. The van der Waals surface area contributed by atoms with Crippen LogP contribution in [0.15, 0.2) is 46.0 Å². The number of carbonyl (C=O) groups is 1. The number of para-hydroxylation sites is 1. The first kappa shape index (κ1) is 11.9. The highest BCUT2D eigenvalue weighted by molar-refractivity contribution is 5.93. The first-order valence-corrected chi connectivity index (χ1v) is 4.63. The summed E-state index contributed by atoms with van der Waals surface area (Å²) in [7, 11) is 0. The summed E-state index contributed by atoms with van der Waals surface area (Å²) < 4.78 is 0. The molecule has 0 radical (unpaired) electrons. The van der Waals surface area contributed by atoms with Crippen LogP contribution in [0, 0.1) is 0 Å². The van der Waals surface area contributed by atoms with Crippen molar-refractivity contribution in [1.29, 1.82) is 0 Å². The van der Waals surface area contributed by atoms with Gasteiger partial charge in [0.15, 0.2) is 11.5 Å². The van der Waals surface area contributed by atoms with Gasteiger partial charge in [0.25, 0.3) is 0 Å². The molecule has 0 heterocycles. The molecule has 0 aliphatic heterocycles. The molecular formula is C11H12N2O3. The fourth-order valence-corrected chi connectivity index (χ4v) is 1.05. The van der Waals surface area contributed by atoms with E-state index in [1.54, 1.807) is 18.2 Å². The number of rotatable bonds is 3. The zero-order chi connectivity index (χ0) is 12.1. The number of aromatic hydroxyl groups is 1. The van der Waals surface area contributed by atoms with E-state index in [1.807, 2.05) is 0 Å². The number of ketones is 1. The molecule has 0 bridgehead atoms. The number of phenols is 1. The summed E-state index contributed by atoms with van der Waals surface area (Å²) in [6.45, 7) is 2.62. The molecule has 0 saturated heterocycles. The second-order valence-corrected chi connectivity index (χ2v) is 3.18. The van der Waals surface area contributed by atoms with E-state index in [0.717, 1.165) is 0 Å². The van der Waals surface area contributed by atoms with E-state index >= 15 is 0 Å². The molecule has 0 aliphatic rings. The highest BCUT2D eigenvalue weighted by Crippen LogP contribution is 2.26. The summed E-state index contributed by atoms with van der Waals surface area (Å²) >= 11 is 0. The predicted molar refractivity (Wildman–Crippen MR) is 58.6 cm³/mol.